The molecule has 1 rings (SSSR count). The number of rotatable bonds is 1. The van der Waals surface area contributed by atoms with E-state index in [1.165, 1.54) is 7.05 Å². The van der Waals surface area contributed by atoms with E-state index in [9.17, 15) is 4.79 Å². The van der Waals surface area contributed by atoms with Crippen LogP contribution in [0.1, 0.15) is 16.9 Å². The van der Waals surface area contributed by atoms with E-state index in [0.717, 1.165) is 4.90 Å². The van der Waals surface area contributed by atoms with Crippen molar-refractivity contribution in [2.75, 3.05) is 13.6 Å². The highest BCUT2D eigenvalue weighted by atomic mass is 16.2. The van der Waals surface area contributed by atoms with E-state index >= 15 is 0 Å². The van der Waals surface area contributed by atoms with Crippen LogP contribution in [-0.4, -0.2) is 29.9 Å². The minimum atomic E-state index is -2.12. The Balaban J connectivity index is 3.19. The zero-order valence-corrected chi connectivity index (χ0v) is 6.29. The molecule has 0 aliphatic carbocycles. The van der Waals surface area contributed by atoms with Gasteiger partial charge in [0, 0.05) is 24.1 Å². The van der Waals surface area contributed by atoms with Crippen molar-refractivity contribution in [1.82, 2.24) is 4.90 Å². The zero-order valence-electron chi connectivity index (χ0n) is 9.29. The lowest BCUT2D eigenvalue weighted by Crippen LogP contribution is -2.46. The first-order chi connectivity index (χ1) is 6.29. The summed E-state index contributed by atoms with van der Waals surface area (Å²) in [6.45, 7) is -1.30. The molecule has 1 aliphatic rings. The molecule has 1 amide bonds. The Morgan fingerprint density at radius 1 is 2.09 bits per heavy atom. The van der Waals surface area contributed by atoms with E-state index in [0.29, 0.717) is 0 Å². The summed E-state index contributed by atoms with van der Waals surface area (Å²) in [5, 5.41) is 0. The predicted molar refractivity (Wildman–Crippen MR) is 42.6 cm³/mol. The number of hydrogen-bond acceptors (Lipinski definition) is 2. The van der Waals surface area contributed by atoms with E-state index in [-0.39, 0.29) is 6.42 Å². The van der Waals surface area contributed by atoms with Crippen LogP contribution in [0.15, 0.2) is 0 Å². The van der Waals surface area contributed by atoms with Gasteiger partial charge in [-0.15, -0.1) is 12.3 Å². The molecule has 1 aliphatic heterocycles. The first-order valence-electron chi connectivity index (χ1n) is 4.78. The minimum Gasteiger partial charge on any atom is -0.344 e. The van der Waals surface area contributed by atoms with Gasteiger partial charge in [0.1, 0.15) is 5.54 Å². The van der Waals surface area contributed by atoms with Crippen molar-refractivity contribution in [3.63, 3.8) is 0 Å². The lowest BCUT2D eigenvalue weighted by Gasteiger charge is -2.18. The van der Waals surface area contributed by atoms with Gasteiger partial charge in [-0.1, -0.05) is 0 Å². The van der Waals surface area contributed by atoms with E-state index in [1.54, 1.807) is 0 Å². The van der Waals surface area contributed by atoms with Gasteiger partial charge in [-0.25, -0.2) is 0 Å². The second kappa shape index (κ2) is 2.55. The van der Waals surface area contributed by atoms with Gasteiger partial charge >= 0.3 is 0 Å². The molecule has 0 radical (unpaired) electrons. The maximum absolute atomic E-state index is 11.6. The van der Waals surface area contributed by atoms with Gasteiger partial charge in [0.25, 0.3) is 0 Å². The minimum absolute atomic E-state index is 0.196. The highest BCUT2D eigenvalue weighted by Crippen LogP contribution is 2.21. The molecule has 1 unspecified atom stereocenters. The summed E-state index contributed by atoms with van der Waals surface area (Å²) in [7, 11) is 1.35. The molecule has 1 heterocycles. The topological polar surface area (TPSA) is 46.3 Å². The van der Waals surface area contributed by atoms with E-state index in [4.69, 9.17) is 16.3 Å². The zero-order chi connectivity index (χ0) is 11.1. The Morgan fingerprint density at radius 3 is 3.09 bits per heavy atom. The molecule has 3 nitrogen and oxygen atoms in total. The summed E-state index contributed by atoms with van der Waals surface area (Å²) in [5.41, 5.74) is 3.88. The third kappa shape index (κ3) is 1.22. The van der Waals surface area contributed by atoms with Crippen molar-refractivity contribution >= 4 is 5.91 Å². The number of carbonyl (C=O) groups excluding carboxylic acids is 1. The molecule has 0 bridgehead atoms. The molecular formula is C8H12N2O. The van der Waals surface area contributed by atoms with Crippen LogP contribution in [0.25, 0.3) is 0 Å². The Hall–Kier alpha value is -1.01. The fourth-order valence-corrected chi connectivity index (χ4v) is 0.935. The van der Waals surface area contributed by atoms with Crippen LogP contribution >= 0.6 is 0 Å². The SMILES string of the molecule is [2H]C1N(C)C(=O)[C@](N)(CC#C)C1([2H])[2H]. The average Bonchev–Trinajstić information content (AvgIpc) is 2.22. The molecular weight excluding hydrogens is 140 g/mol. The number of hydrogen-bond donors (Lipinski definition) is 1. The van der Waals surface area contributed by atoms with Crippen molar-refractivity contribution in [2.45, 2.75) is 18.3 Å². The molecule has 0 spiro atoms. The number of nitrogens with two attached hydrogens (primary N) is 1. The van der Waals surface area contributed by atoms with Crippen LogP contribution in [0.4, 0.5) is 0 Å². The molecule has 2 atom stereocenters. The monoisotopic (exact) mass is 155 g/mol. The summed E-state index contributed by atoms with van der Waals surface area (Å²) >= 11 is 0. The standard InChI is InChI=1S/C8H12N2O/c1-3-4-8(9)5-6-10(2)7(8)11/h1H,4-6,9H2,2H3/t8-/m0/s1/i5D2,6D/t6?,8-. The number of carbonyl (C=O) groups is 1. The largest absolute Gasteiger partial charge is 0.344 e. The molecule has 1 fully saturated rings. The summed E-state index contributed by atoms with van der Waals surface area (Å²) in [5.74, 6) is 1.57. The van der Waals surface area contributed by atoms with Crippen LogP contribution in [-0.2, 0) is 4.79 Å². The van der Waals surface area contributed by atoms with Crippen molar-refractivity contribution in [2.24, 2.45) is 5.73 Å². The number of likely N-dealkylation sites (N-methyl/N-ethyl adjacent to an activating group) is 1. The van der Waals surface area contributed by atoms with Gasteiger partial charge in [0.2, 0.25) is 5.91 Å². The third-order valence-corrected chi connectivity index (χ3v) is 1.60. The molecule has 1 saturated heterocycles. The van der Waals surface area contributed by atoms with Gasteiger partial charge in [0.15, 0.2) is 0 Å². The Kier molecular flexibility index (Phi) is 1.11. The second-order valence-electron chi connectivity index (χ2n) is 2.54. The first kappa shape index (κ1) is 4.78. The van der Waals surface area contributed by atoms with Crippen LogP contribution in [0.2, 0.25) is 0 Å². The number of terminal acetylenes is 1. The van der Waals surface area contributed by atoms with E-state index in [1.807, 2.05) is 0 Å². The van der Waals surface area contributed by atoms with Crippen molar-refractivity contribution < 1.29 is 8.91 Å². The lowest BCUT2D eigenvalue weighted by atomic mass is 9.95. The summed E-state index contributed by atoms with van der Waals surface area (Å²) in [6.07, 6.45) is 2.72. The Morgan fingerprint density at radius 2 is 2.73 bits per heavy atom. The highest BCUT2D eigenvalue weighted by Gasteiger charge is 2.40. The normalized spacial score (nSPS) is 45.9. The molecule has 0 saturated carbocycles. The van der Waals surface area contributed by atoms with E-state index in [2.05, 4.69) is 5.92 Å². The maximum Gasteiger partial charge on any atom is 0.243 e. The third-order valence-electron chi connectivity index (χ3n) is 1.60. The Bertz CT molecular complexity index is 312. The predicted octanol–water partition coefficient (Wildman–Crippen LogP) is -0.431. The first-order valence-corrected chi connectivity index (χ1v) is 3.21. The fraction of sp³-hybridized carbons (Fsp3) is 0.625. The number of nitrogens with zero attached hydrogens (tertiary/aromatic N) is 1. The van der Waals surface area contributed by atoms with Gasteiger partial charge in [0.05, 0.1) is 0 Å². The fourth-order valence-electron chi connectivity index (χ4n) is 0.935. The highest BCUT2D eigenvalue weighted by molar-refractivity contribution is 5.88. The molecule has 3 heteroatoms. The lowest BCUT2D eigenvalue weighted by molar-refractivity contribution is -0.130. The molecule has 0 aromatic rings. The average molecular weight is 155 g/mol. The molecule has 60 valence electrons. The molecule has 0 aromatic heterocycles. The number of likely N-dealkylation sites (tertiary alicyclic amines) is 1. The summed E-state index contributed by atoms with van der Waals surface area (Å²) in [4.78, 5) is 12.6. The van der Waals surface area contributed by atoms with Crippen LogP contribution in [0.3, 0.4) is 0 Å². The second-order valence-corrected chi connectivity index (χ2v) is 2.54. The number of amides is 1. The van der Waals surface area contributed by atoms with Crippen molar-refractivity contribution in [1.29, 1.82) is 0 Å². The van der Waals surface area contributed by atoms with E-state index < -0.39 is 24.3 Å². The van der Waals surface area contributed by atoms with Gasteiger partial charge in [-0.3, -0.25) is 4.79 Å². The smallest absolute Gasteiger partial charge is 0.243 e. The van der Waals surface area contributed by atoms with Gasteiger partial charge in [-0.2, -0.15) is 0 Å². The van der Waals surface area contributed by atoms with Crippen molar-refractivity contribution in [3.05, 3.63) is 0 Å². The molecule has 0 aromatic carbocycles. The summed E-state index contributed by atoms with van der Waals surface area (Å²) in [6, 6.07) is 0. The van der Waals surface area contributed by atoms with Gasteiger partial charge < -0.3 is 10.6 Å². The van der Waals surface area contributed by atoms with Crippen LogP contribution in [0.5, 0.6) is 0 Å². The quantitative estimate of drug-likeness (QED) is 0.522. The molecule has 11 heavy (non-hydrogen) atoms. The van der Waals surface area contributed by atoms with Crippen molar-refractivity contribution in [3.8, 4) is 12.3 Å². The maximum atomic E-state index is 11.6. The summed E-state index contributed by atoms with van der Waals surface area (Å²) < 4.78 is 22.7. The van der Waals surface area contributed by atoms with Crippen LogP contribution < -0.4 is 5.73 Å². The van der Waals surface area contributed by atoms with Gasteiger partial charge in [-0.05, 0) is 6.37 Å². The van der Waals surface area contributed by atoms with Crippen LogP contribution in [0, 0.1) is 12.3 Å². The molecule has 2 N–H and O–H groups in total. The Labute approximate surface area is 70.8 Å².